The van der Waals surface area contributed by atoms with Crippen LogP contribution in [0.1, 0.15) is 33.1 Å². The number of rotatable bonds is 5. The van der Waals surface area contributed by atoms with Crippen molar-refractivity contribution in [2.45, 2.75) is 45.3 Å². The Labute approximate surface area is 128 Å². The Morgan fingerprint density at radius 3 is 2.76 bits per heavy atom. The molecule has 124 valence electrons. The Kier molecular flexibility index (Phi) is 5.31. The van der Waals surface area contributed by atoms with Crippen molar-refractivity contribution >= 4 is 10.2 Å². The summed E-state index contributed by atoms with van der Waals surface area (Å²) in [5.74, 6) is 0. The molecular formula is C14H28N2O4S. The van der Waals surface area contributed by atoms with E-state index in [9.17, 15) is 8.42 Å². The summed E-state index contributed by atoms with van der Waals surface area (Å²) in [5, 5.41) is 0. The van der Waals surface area contributed by atoms with Gasteiger partial charge in [0, 0.05) is 39.2 Å². The zero-order chi connectivity index (χ0) is 15.7. The minimum absolute atomic E-state index is 0.110. The van der Waals surface area contributed by atoms with Crippen molar-refractivity contribution in [3.63, 3.8) is 0 Å². The van der Waals surface area contributed by atoms with Crippen LogP contribution in [0.5, 0.6) is 0 Å². The van der Waals surface area contributed by atoms with Gasteiger partial charge < -0.3 is 9.47 Å². The van der Waals surface area contributed by atoms with Crippen LogP contribution in [-0.2, 0) is 19.7 Å². The van der Waals surface area contributed by atoms with Gasteiger partial charge in [0.1, 0.15) is 0 Å². The van der Waals surface area contributed by atoms with Gasteiger partial charge in [-0.05, 0) is 33.1 Å². The molecule has 0 unspecified atom stereocenters. The molecule has 0 amide bonds. The van der Waals surface area contributed by atoms with Crippen molar-refractivity contribution in [3.8, 4) is 0 Å². The molecule has 0 saturated carbocycles. The summed E-state index contributed by atoms with van der Waals surface area (Å²) >= 11 is 0. The van der Waals surface area contributed by atoms with E-state index in [-0.39, 0.29) is 17.6 Å². The van der Waals surface area contributed by atoms with Crippen LogP contribution < -0.4 is 0 Å². The van der Waals surface area contributed by atoms with Gasteiger partial charge in [-0.2, -0.15) is 17.0 Å². The Hall–Kier alpha value is -0.210. The monoisotopic (exact) mass is 320 g/mol. The van der Waals surface area contributed by atoms with Gasteiger partial charge in [0.15, 0.2) is 0 Å². The van der Waals surface area contributed by atoms with Crippen molar-refractivity contribution in [1.82, 2.24) is 8.61 Å². The lowest BCUT2D eigenvalue weighted by atomic mass is 9.73. The fourth-order valence-corrected chi connectivity index (χ4v) is 4.44. The fourth-order valence-electron chi connectivity index (χ4n) is 3.22. The molecule has 2 aliphatic rings. The Morgan fingerprint density at radius 1 is 1.43 bits per heavy atom. The molecule has 21 heavy (non-hydrogen) atoms. The predicted molar refractivity (Wildman–Crippen MR) is 81.3 cm³/mol. The molecule has 0 N–H and O–H groups in total. The molecule has 0 aliphatic carbocycles. The highest BCUT2D eigenvalue weighted by Gasteiger charge is 2.49. The number of hydrogen-bond acceptors (Lipinski definition) is 4. The van der Waals surface area contributed by atoms with Crippen LogP contribution in [0.25, 0.3) is 0 Å². The number of nitrogens with zero attached hydrogens (tertiary/aromatic N) is 2. The van der Waals surface area contributed by atoms with E-state index in [2.05, 4.69) is 0 Å². The van der Waals surface area contributed by atoms with E-state index in [1.807, 2.05) is 13.8 Å². The lowest BCUT2D eigenvalue weighted by Gasteiger charge is -2.50. The maximum Gasteiger partial charge on any atom is 0.281 e. The van der Waals surface area contributed by atoms with E-state index in [4.69, 9.17) is 9.47 Å². The lowest BCUT2D eigenvalue weighted by molar-refractivity contribution is -0.148. The smallest absolute Gasteiger partial charge is 0.281 e. The van der Waals surface area contributed by atoms with Gasteiger partial charge in [0.25, 0.3) is 10.2 Å². The van der Waals surface area contributed by atoms with E-state index in [1.54, 1.807) is 18.4 Å². The van der Waals surface area contributed by atoms with Gasteiger partial charge in [0.05, 0.1) is 18.8 Å². The molecular weight excluding hydrogens is 292 g/mol. The minimum Gasteiger partial charge on any atom is -0.378 e. The van der Waals surface area contributed by atoms with E-state index in [0.29, 0.717) is 19.7 Å². The fraction of sp³-hybridized carbons (Fsp3) is 1.00. The molecule has 0 spiro atoms. The van der Waals surface area contributed by atoms with Gasteiger partial charge in [-0.3, -0.25) is 0 Å². The zero-order valence-electron chi connectivity index (χ0n) is 13.5. The minimum atomic E-state index is -3.37. The summed E-state index contributed by atoms with van der Waals surface area (Å²) in [6.45, 7) is 6.36. The molecule has 0 aromatic carbocycles. The van der Waals surface area contributed by atoms with E-state index in [1.165, 1.54) is 4.31 Å². The maximum atomic E-state index is 12.4. The first kappa shape index (κ1) is 17.1. The standard InChI is InChI=1S/C14H28N2O4S/c1-12(2)20-11-14-7-5-9-19-13(14)6-8-16(10-14)21(17,18)15(3)4/h12-13H,5-11H2,1-4H3/t13-,14+/m1/s1. The van der Waals surface area contributed by atoms with Crippen molar-refractivity contribution in [2.24, 2.45) is 5.41 Å². The third-order valence-electron chi connectivity index (χ3n) is 4.44. The summed E-state index contributed by atoms with van der Waals surface area (Å²) in [6.07, 6.45) is 2.92. The summed E-state index contributed by atoms with van der Waals surface area (Å²) in [7, 11) is -0.213. The van der Waals surface area contributed by atoms with Crippen molar-refractivity contribution < 1.29 is 17.9 Å². The van der Waals surface area contributed by atoms with Gasteiger partial charge in [-0.15, -0.1) is 0 Å². The lowest BCUT2D eigenvalue weighted by Crippen LogP contribution is -2.59. The number of piperidine rings is 1. The van der Waals surface area contributed by atoms with E-state index < -0.39 is 10.2 Å². The highest BCUT2D eigenvalue weighted by Crippen LogP contribution is 2.41. The Balaban J connectivity index is 2.19. The van der Waals surface area contributed by atoms with Crippen molar-refractivity contribution in [2.75, 3.05) is 40.4 Å². The van der Waals surface area contributed by atoms with Crippen LogP contribution in [-0.4, -0.2) is 69.6 Å². The summed E-state index contributed by atoms with van der Waals surface area (Å²) in [6, 6.07) is 0. The third kappa shape index (κ3) is 3.59. The normalized spacial score (nSPS) is 31.6. The summed E-state index contributed by atoms with van der Waals surface area (Å²) < 4.78 is 39.5. The molecule has 0 bridgehead atoms. The SMILES string of the molecule is CC(C)OC[C@@]12CCCO[C@@H]1CCN(S(=O)(=O)N(C)C)C2. The molecule has 0 aromatic heterocycles. The van der Waals surface area contributed by atoms with Crippen LogP contribution in [0.2, 0.25) is 0 Å². The highest BCUT2D eigenvalue weighted by molar-refractivity contribution is 7.86. The third-order valence-corrected chi connectivity index (χ3v) is 6.33. The molecule has 2 atom stereocenters. The molecule has 0 aromatic rings. The predicted octanol–water partition coefficient (Wildman–Crippen LogP) is 1.09. The van der Waals surface area contributed by atoms with Gasteiger partial charge >= 0.3 is 0 Å². The van der Waals surface area contributed by atoms with Crippen molar-refractivity contribution in [3.05, 3.63) is 0 Å². The molecule has 2 rings (SSSR count). The largest absolute Gasteiger partial charge is 0.378 e. The molecule has 6 nitrogen and oxygen atoms in total. The van der Waals surface area contributed by atoms with Crippen LogP contribution in [0.3, 0.4) is 0 Å². The van der Waals surface area contributed by atoms with Crippen LogP contribution in [0.15, 0.2) is 0 Å². The maximum absolute atomic E-state index is 12.4. The van der Waals surface area contributed by atoms with Crippen LogP contribution in [0, 0.1) is 5.41 Å². The number of ether oxygens (including phenoxy) is 2. The van der Waals surface area contributed by atoms with Crippen molar-refractivity contribution in [1.29, 1.82) is 0 Å². The first-order valence-electron chi connectivity index (χ1n) is 7.69. The average molecular weight is 320 g/mol. The van der Waals surface area contributed by atoms with E-state index >= 15 is 0 Å². The van der Waals surface area contributed by atoms with Gasteiger partial charge in [-0.1, -0.05) is 0 Å². The Morgan fingerprint density at radius 2 is 2.14 bits per heavy atom. The van der Waals surface area contributed by atoms with Crippen LogP contribution in [0.4, 0.5) is 0 Å². The molecule has 7 heteroatoms. The highest BCUT2D eigenvalue weighted by atomic mass is 32.2. The molecule has 2 saturated heterocycles. The first-order chi connectivity index (χ1) is 9.78. The average Bonchev–Trinajstić information content (AvgIpc) is 2.44. The second-order valence-electron chi connectivity index (χ2n) is 6.60. The topological polar surface area (TPSA) is 59.1 Å². The molecule has 0 radical (unpaired) electrons. The molecule has 2 heterocycles. The molecule has 2 aliphatic heterocycles. The van der Waals surface area contributed by atoms with Gasteiger partial charge in [-0.25, -0.2) is 0 Å². The summed E-state index contributed by atoms with van der Waals surface area (Å²) in [4.78, 5) is 0. The second kappa shape index (κ2) is 6.50. The van der Waals surface area contributed by atoms with Gasteiger partial charge in [0.2, 0.25) is 0 Å². The number of hydrogen-bond donors (Lipinski definition) is 0. The summed E-state index contributed by atoms with van der Waals surface area (Å²) in [5.41, 5.74) is -0.205. The molecule has 2 fully saturated rings. The quantitative estimate of drug-likeness (QED) is 0.761. The van der Waals surface area contributed by atoms with E-state index in [0.717, 1.165) is 25.9 Å². The Bertz CT molecular complexity index is 452. The first-order valence-corrected chi connectivity index (χ1v) is 9.08. The van der Waals surface area contributed by atoms with Crippen LogP contribution >= 0.6 is 0 Å². The zero-order valence-corrected chi connectivity index (χ0v) is 14.4. The second-order valence-corrected chi connectivity index (χ2v) is 8.74. The number of fused-ring (bicyclic) bond motifs is 1.